The molecule has 6 heteroatoms. The number of aryl methyl sites for hydroxylation is 1. The van der Waals surface area contributed by atoms with E-state index >= 15 is 0 Å². The van der Waals surface area contributed by atoms with Gasteiger partial charge < -0.3 is 13.9 Å². The zero-order chi connectivity index (χ0) is 19.8. The Kier molecular flexibility index (Phi) is 4.39. The third-order valence-corrected chi connectivity index (χ3v) is 5.65. The number of carbonyl (C=O) groups is 1. The highest BCUT2D eigenvalue weighted by atomic mass is 16.3. The van der Waals surface area contributed by atoms with Gasteiger partial charge in [-0.3, -0.25) is 4.79 Å². The minimum absolute atomic E-state index is 0.0809. The third kappa shape index (κ3) is 3.10. The maximum atomic E-state index is 13.0. The molecule has 0 N–H and O–H groups in total. The topological polar surface area (TPSA) is 64.2 Å². The van der Waals surface area contributed by atoms with Crippen molar-refractivity contribution in [3.05, 3.63) is 72.3 Å². The molecule has 1 fully saturated rings. The summed E-state index contributed by atoms with van der Waals surface area (Å²) < 4.78 is 7.44. The monoisotopic (exact) mass is 386 g/mol. The lowest BCUT2D eigenvalue weighted by Crippen LogP contribution is -2.29. The van der Waals surface area contributed by atoms with Crippen LogP contribution < -0.4 is 0 Å². The fourth-order valence-corrected chi connectivity index (χ4v) is 4.07. The van der Waals surface area contributed by atoms with E-state index in [9.17, 15) is 4.79 Å². The Morgan fingerprint density at radius 3 is 2.83 bits per heavy atom. The molecular formula is C23H22N4O2. The highest BCUT2D eigenvalue weighted by Crippen LogP contribution is 2.32. The summed E-state index contributed by atoms with van der Waals surface area (Å²) in [6.45, 7) is 3.47. The molecule has 3 aromatic heterocycles. The largest absolute Gasteiger partial charge is 0.472 e. The van der Waals surface area contributed by atoms with Gasteiger partial charge in [0.05, 0.1) is 17.9 Å². The van der Waals surface area contributed by atoms with Gasteiger partial charge in [0, 0.05) is 24.8 Å². The fraction of sp³-hybridized carbons (Fsp3) is 0.261. The Hall–Kier alpha value is -3.41. The van der Waals surface area contributed by atoms with Crippen molar-refractivity contribution in [3.8, 4) is 11.4 Å². The van der Waals surface area contributed by atoms with Gasteiger partial charge in [0.25, 0.3) is 5.91 Å². The average molecular weight is 386 g/mol. The fourth-order valence-electron chi connectivity index (χ4n) is 4.07. The molecule has 0 unspecified atom stereocenters. The number of rotatable bonds is 4. The molecule has 1 atom stereocenters. The van der Waals surface area contributed by atoms with E-state index in [0.717, 1.165) is 47.5 Å². The van der Waals surface area contributed by atoms with Crippen LogP contribution in [0.4, 0.5) is 0 Å². The first-order valence-electron chi connectivity index (χ1n) is 9.98. The zero-order valence-electron chi connectivity index (χ0n) is 16.3. The van der Waals surface area contributed by atoms with E-state index < -0.39 is 0 Å². The first-order chi connectivity index (χ1) is 14.2. The van der Waals surface area contributed by atoms with Crippen LogP contribution in [0.1, 0.15) is 35.3 Å². The molecule has 6 nitrogen and oxygen atoms in total. The van der Waals surface area contributed by atoms with Gasteiger partial charge in [-0.1, -0.05) is 19.1 Å². The number of imidazole rings is 1. The number of pyridine rings is 1. The van der Waals surface area contributed by atoms with Crippen molar-refractivity contribution in [2.24, 2.45) is 0 Å². The lowest BCUT2D eigenvalue weighted by atomic mass is 10.1. The van der Waals surface area contributed by atoms with Crippen molar-refractivity contribution >= 4 is 17.1 Å². The Balaban J connectivity index is 1.46. The number of fused-ring (bicyclic) bond motifs is 1. The predicted molar refractivity (Wildman–Crippen MR) is 111 cm³/mol. The van der Waals surface area contributed by atoms with Crippen LogP contribution in [0.5, 0.6) is 0 Å². The first kappa shape index (κ1) is 17.7. The van der Waals surface area contributed by atoms with E-state index in [-0.39, 0.29) is 11.9 Å². The van der Waals surface area contributed by atoms with E-state index in [0.29, 0.717) is 6.54 Å². The number of carbonyl (C=O) groups excluding carboxylic acids is 1. The van der Waals surface area contributed by atoms with Crippen LogP contribution in [-0.2, 0) is 6.42 Å². The maximum absolute atomic E-state index is 13.0. The van der Waals surface area contributed by atoms with Gasteiger partial charge in [0.1, 0.15) is 17.6 Å². The summed E-state index contributed by atoms with van der Waals surface area (Å²) >= 11 is 0. The lowest BCUT2D eigenvalue weighted by molar-refractivity contribution is 0.0788. The van der Waals surface area contributed by atoms with Gasteiger partial charge in [-0.2, -0.15) is 0 Å². The summed E-state index contributed by atoms with van der Waals surface area (Å²) in [6, 6.07) is 13.8. The van der Waals surface area contributed by atoms with Crippen molar-refractivity contribution in [2.45, 2.75) is 25.8 Å². The molecule has 1 saturated heterocycles. The molecule has 1 aromatic carbocycles. The number of benzene rings is 1. The molecule has 0 radical (unpaired) electrons. The van der Waals surface area contributed by atoms with Crippen LogP contribution in [0.25, 0.3) is 22.6 Å². The number of likely N-dealkylation sites (tertiary alicyclic amines) is 1. The number of amides is 1. The van der Waals surface area contributed by atoms with Gasteiger partial charge in [0.2, 0.25) is 0 Å². The molecule has 0 spiro atoms. The number of aromatic nitrogens is 3. The second-order valence-electron chi connectivity index (χ2n) is 7.41. The van der Waals surface area contributed by atoms with E-state index in [2.05, 4.69) is 16.5 Å². The third-order valence-electron chi connectivity index (χ3n) is 5.65. The number of furan rings is 1. The maximum Gasteiger partial charge on any atom is 0.253 e. The number of hydrogen-bond donors (Lipinski definition) is 0. The van der Waals surface area contributed by atoms with Crippen LogP contribution in [0.2, 0.25) is 0 Å². The van der Waals surface area contributed by atoms with Gasteiger partial charge in [-0.25, -0.2) is 9.97 Å². The molecule has 0 bridgehead atoms. The van der Waals surface area contributed by atoms with E-state index in [1.54, 1.807) is 18.7 Å². The lowest BCUT2D eigenvalue weighted by Gasteiger charge is -2.19. The molecule has 146 valence electrons. The van der Waals surface area contributed by atoms with Crippen LogP contribution in [-0.4, -0.2) is 38.4 Å². The Bertz CT molecular complexity index is 1150. The second kappa shape index (κ2) is 7.20. The van der Waals surface area contributed by atoms with E-state index in [1.807, 2.05) is 47.4 Å². The van der Waals surface area contributed by atoms with E-state index in [4.69, 9.17) is 9.40 Å². The molecule has 4 aromatic rings. The Morgan fingerprint density at radius 2 is 2.07 bits per heavy atom. The van der Waals surface area contributed by atoms with Crippen molar-refractivity contribution in [2.75, 3.05) is 13.1 Å². The summed E-state index contributed by atoms with van der Waals surface area (Å²) in [6.07, 6.45) is 6.97. The average Bonchev–Trinajstić information content (AvgIpc) is 3.52. The molecule has 0 saturated carbocycles. The molecule has 29 heavy (non-hydrogen) atoms. The number of nitrogens with zero attached hydrogens (tertiary/aromatic N) is 4. The van der Waals surface area contributed by atoms with Crippen molar-refractivity contribution in [1.82, 2.24) is 19.4 Å². The molecule has 1 aliphatic heterocycles. The van der Waals surface area contributed by atoms with Gasteiger partial charge in [-0.15, -0.1) is 0 Å². The van der Waals surface area contributed by atoms with Crippen molar-refractivity contribution in [1.29, 1.82) is 0 Å². The SMILES string of the molecule is CCc1ccc(C(=O)N2CC[C@@H](n3c(-c4ccoc4)nc4cccnc43)C2)cc1. The highest BCUT2D eigenvalue weighted by molar-refractivity contribution is 5.94. The highest BCUT2D eigenvalue weighted by Gasteiger charge is 2.31. The summed E-state index contributed by atoms with van der Waals surface area (Å²) in [7, 11) is 0. The minimum atomic E-state index is 0.0809. The van der Waals surface area contributed by atoms with Gasteiger partial charge in [0.15, 0.2) is 5.65 Å². The smallest absolute Gasteiger partial charge is 0.253 e. The van der Waals surface area contributed by atoms with Gasteiger partial charge in [-0.05, 0) is 48.7 Å². The summed E-state index contributed by atoms with van der Waals surface area (Å²) in [4.78, 5) is 24.3. The molecular weight excluding hydrogens is 364 g/mol. The zero-order valence-corrected chi connectivity index (χ0v) is 16.3. The van der Waals surface area contributed by atoms with Crippen molar-refractivity contribution in [3.63, 3.8) is 0 Å². The minimum Gasteiger partial charge on any atom is -0.472 e. The molecule has 4 heterocycles. The molecule has 1 amide bonds. The standard InChI is InChI=1S/C23H22N4O2/c1-2-16-5-7-17(8-6-16)23(28)26-12-9-19(14-26)27-21(18-10-13-29-15-18)25-20-4-3-11-24-22(20)27/h3-8,10-11,13,15,19H,2,9,12,14H2,1H3/t19-/m1/s1. The quantitative estimate of drug-likeness (QED) is 0.523. The molecule has 1 aliphatic rings. The van der Waals surface area contributed by atoms with Gasteiger partial charge >= 0.3 is 0 Å². The Labute approximate surface area is 168 Å². The van der Waals surface area contributed by atoms with Crippen LogP contribution in [0, 0.1) is 0 Å². The normalized spacial score (nSPS) is 16.6. The summed E-state index contributed by atoms with van der Waals surface area (Å²) in [5.74, 6) is 0.913. The van der Waals surface area contributed by atoms with Crippen LogP contribution in [0.3, 0.4) is 0 Å². The van der Waals surface area contributed by atoms with Crippen LogP contribution >= 0.6 is 0 Å². The van der Waals surface area contributed by atoms with Crippen molar-refractivity contribution < 1.29 is 9.21 Å². The Morgan fingerprint density at radius 1 is 1.21 bits per heavy atom. The van der Waals surface area contributed by atoms with E-state index in [1.165, 1.54) is 5.56 Å². The summed E-state index contributed by atoms with van der Waals surface area (Å²) in [5, 5.41) is 0. The summed E-state index contributed by atoms with van der Waals surface area (Å²) in [5.41, 5.74) is 4.59. The predicted octanol–water partition coefficient (Wildman–Crippen LogP) is 4.34. The second-order valence-corrected chi connectivity index (χ2v) is 7.41. The number of hydrogen-bond acceptors (Lipinski definition) is 4. The van der Waals surface area contributed by atoms with Crippen LogP contribution in [0.15, 0.2) is 65.6 Å². The first-order valence-corrected chi connectivity index (χ1v) is 9.98. The molecule has 0 aliphatic carbocycles. The molecule has 5 rings (SSSR count).